The van der Waals surface area contributed by atoms with Gasteiger partial charge < -0.3 is 4.74 Å². The molecule has 0 aliphatic rings. The molecule has 170 valence electrons. The monoisotopic (exact) mass is 522 g/mol. The van der Waals surface area contributed by atoms with E-state index in [1.165, 1.54) is 29.5 Å². The number of hydrogen-bond donors (Lipinski definition) is 1. The lowest BCUT2D eigenvalue weighted by molar-refractivity contribution is 0.226. The Kier molecular flexibility index (Phi) is 6.74. The van der Waals surface area contributed by atoms with E-state index in [0.29, 0.717) is 42.5 Å². The van der Waals surface area contributed by atoms with Gasteiger partial charge >= 0.3 is 0 Å². The molecule has 2 N–H and O–H groups in total. The first-order chi connectivity index (χ1) is 15.6. The third kappa shape index (κ3) is 5.37. The van der Waals surface area contributed by atoms with E-state index in [4.69, 9.17) is 33.1 Å². The number of thiazole rings is 1. The van der Waals surface area contributed by atoms with E-state index in [0.717, 1.165) is 0 Å². The Morgan fingerprint density at radius 1 is 1.03 bits per heavy atom. The summed E-state index contributed by atoms with van der Waals surface area (Å²) in [6.07, 6.45) is -0.493. The van der Waals surface area contributed by atoms with Crippen LogP contribution < -0.4 is 9.88 Å². The number of aromatic nitrogens is 1. The fourth-order valence-electron chi connectivity index (χ4n) is 3.19. The van der Waals surface area contributed by atoms with Gasteiger partial charge in [0.05, 0.1) is 15.5 Å². The number of sulfonamides is 1. The molecule has 0 saturated heterocycles. The van der Waals surface area contributed by atoms with Crippen molar-refractivity contribution in [3.05, 3.63) is 87.6 Å². The van der Waals surface area contributed by atoms with Crippen LogP contribution in [0.2, 0.25) is 10.0 Å². The van der Waals surface area contributed by atoms with Gasteiger partial charge in [-0.25, -0.2) is 22.9 Å². The van der Waals surface area contributed by atoms with Crippen molar-refractivity contribution >= 4 is 44.6 Å². The molecule has 10 heteroatoms. The van der Waals surface area contributed by atoms with E-state index in [1.807, 2.05) is 6.92 Å². The van der Waals surface area contributed by atoms with Crippen LogP contribution >= 0.6 is 34.5 Å². The third-order valence-corrected chi connectivity index (χ3v) is 7.35. The van der Waals surface area contributed by atoms with Crippen molar-refractivity contribution in [1.29, 1.82) is 0 Å². The Hall–Kier alpha value is -2.49. The van der Waals surface area contributed by atoms with Gasteiger partial charge in [0.2, 0.25) is 10.0 Å². The Balaban J connectivity index is 1.78. The van der Waals surface area contributed by atoms with Crippen molar-refractivity contribution in [1.82, 2.24) is 4.98 Å². The van der Waals surface area contributed by atoms with Crippen LogP contribution in [0.1, 0.15) is 18.0 Å². The summed E-state index contributed by atoms with van der Waals surface area (Å²) in [6.45, 7) is 1.81. The fourth-order valence-corrected chi connectivity index (χ4v) is 5.28. The molecule has 5 nitrogen and oxygen atoms in total. The molecule has 4 rings (SSSR count). The van der Waals surface area contributed by atoms with E-state index in [9.17, 15) is 12.8 Å². The van der Waals surface area contributed by atoms with Gasteiger partial charge in [-0.1, -0.05) is 47.5 Å². The van der Waals surface area contributed by atoms with Gasteiger partial charge in [-0.05, 0) is 55.0 Å². The van der Waals surface area contributed by atoms with Crippen LogP contribution in [-0.2, 0) is 10.0 Å². The number of rotatable bonds is 6. The highest BCUT2D eigenvalue weighted by Gasteiger charge is 2.22. The second kappa shape index (κ2) is 9.40. The number of halogens is 3. The quantitative estimate of drug-likeness (QED) is 0.305. The van der Waals surface area contributed by atoms with Gasteiger partial charge in [0.15, 0.2) is 0 Å². The Morgan fingerprint density at radius 3 is 2.27 bits per heavy atom. The summed E-state index contributed by atoms with van der Waals surface area (Å²) < 4.78 is 43.9. The fraction of sp³-hybridized carbons (Fsp3) is 0.0870. The molecule has 33 heavy (non-hydrogen) atoms. The van der Waals surface area contributed by atoms with E-state index < -0.39 is 21.9 Å². The average Bonchev–Trinajstić information content (AvgIpc) is 3.18. The highest BCUT2D eigenvalue weighted by Crippen LogP contribution is 2.41. The molecule has 1 unspecified atom stereocenters. The molecule has 0 radical (unpaired) electrons. The van der Waals surface area contributed by atoms with Crippen LogP contribution in [0.3, 0.4) is 0 Å². The van der Waals surface area contributed by atoms with Crippen molar-refractivity contribution in [2.45, 2.75) is 17.9 Å². The molecule has 0 saturated carbocycles. The molecule has 1 atom stereocenters. The zero-order valence-corrected chi connectivity index (χ0v) is 20.3. The van der Waals surface area contributed by atoms with Gasteiger partial charge in [0.25, 0.3) is 0 Å². The molecule has 0 bridgehead atoms. The topological polar surface area (TPSA) is 82.3 Å². The maximum atomic E-state index is 14.6. The van der Waals surface area contributed by atoms with Crippen molar-refractivity contribution in [2.75, 3.05) is 0 Å². The maximum absolute atomic E-state index is 14.6. The van der Waals surface area contributed by atoms with Crippen LogP contribution in [0.15, 0.2) is 71.6 Å². The normalized spacial score (nSPS) is 12.5. The second-order valence-electron chi connectivity index (χ2n) is 7.14. The van der Waals surface area contributed by atoms with Gasteiger partial charge in [-0.3, -0.25) is 0 Å². The van der Waals surface area contributed by atoms with E-state index in [2.05, 4.69) is 4.98 Å². The van der Waals surface area contributed by atoms with Crippen molar-refractivity contribution in [3.63, 3.8) is 0 Å². The van der Waals surface area contributed by atoms with Gasteiger partial charge in [-0.15, -0.1) is 11.3 Å². The number of nitrogens with zero attached hydrogens (tertiary/aromatic N) is 1. The molecule has 0 aliphatic heterocycles. The number of nitrogens with two attached hydrogens (primary N) is 1. The molecule has 4 aromatic rings. The highest BCUT2D eigenvalue weighted by molar-refractivity contribution is 7.89. The Morgan fingerprint density at radius 2 is 1.67 bits per heavy atom. The minimum absolute atomic E-state index is 0.0158. The standard InChI is InChI=1S/C23H17Cl2FN2O3S2/c1-13(31-17-11-15(24)10-16(25)12-17)23-28-21(19-4-2-3-5-20(19)26)22(32-23)14-6-8-18(9-7-14)33(27,29)30/h2-13H,1H3,(H2,27,29,30). The van der Waals surface area contributed by atoms with Crippen LogP contribution in [-0.4, -0.2) is 13.4 Å². The summed E-state index contributed by atoms with van der Waals surface area (Å²) >= 11 is 13.4. The molecule has 1 aromatic heterocycles. The smallest absolute Gasteiger partial charge is 0.238 e. The number of benzene rings is 3. The molecule has 0 aliphatic carbocycles. The SMILES string of the molecule is CC(Oc1cc(Cl)cc(Cl)c1)c1nc(-c2ccccc2F)c(-c2ccc(S(N)(=O)=O)cc2)s1. The molecule has 3 aromatic carbocycles. The molecule has 0 amide bonds. The summed E-state index contributed by atoms with van der Waals surface area (Å²) in [6, 6.07) is 17.2. The summed E-state index contributed by atoms with van der Waals surface area (Å²) in [5, 5.41) is 6.67. The van der Waals surface area contributed by atoms with Crippen molar-refractivity contribution in [3.8, 4) is 27.4 Å². The van der Waals surface area contributed by atoms with E-state index in [1.54, 1.807) is 48.5 Å². The minimum atomic E-state index is -3.83. The Labute approximate surface area is 204 Å². The van der Waals surface area contributed by atoms with Crippen LogP contribution in [0.25, 0.3) is 21.7 Å². The van der Waals surface area contributed by atoms with Crippen LogP contribution in [0.5, 0.6) is 5.75 Å². The van der Waals surface area contributed by atoms with Crippen LogP contribution in [0.4, 0.5) is 4.39 Å². The molecule has 0 fully saturated rings. The summed E-state index contributed by atoms with van der Waals surface area (Å²) in [7, 11) is -3.83. The molecular weight excluding hydrogens is 506 g/mol. The second-order valence-corrected chi connectivity index (χ2v) is 10.6. The minimum Gasteiger partial charge on any atom is -0.483 e. The van der Waals surface area contributed by atoms with Crippen LogP contribution in [0, 0.1) is 5.82 Å². The predicted molar refractivity (Wildman–Crippen MR) is 130 cm³/mol. The lowest BCUT2D eigenvalue weighted by atomic mass is 10.1. The summed E-state index contributed by atoms with van der Waals surface area (Å²) in [5.74, 6) is 0.0497. The zero-order chi connectivity index (χ0) is 23.8. The first kappa shape index (κ1) is 23.7. The van der Waals surface area contributed by atoms with Gasteiger partial charge in [0.1, 0.15) is 22.7 Å². The molecular formula is C23H17Cl2FN2O3S2. The summed E-state index contributed by atoms with van der Waals surface area (Å²) in [4.78, 5) is 5.32. The average molecular weight is 523 g/mol. The first-order valence-corrected chi connectivity index (χ1v) is 12.8. The number of hydrogen-bond acceptors (Lipinski definition) is 5. The van der Waals surface area contributed by atoms with Gasteiger partial charge in [-0.2, -0.15) is 0 Å². The Bertz CT molecular complexity index is 1400. The highest BCUT2D eigenvalue weighted by atomic mass is 35.5. The lowest BCUT2D eigenvalue weighted by Crippen LogP contribution is -2.11. The first-order valence-electron chi connectivity index (χ1n) is 9.63. The van der Waals surface area contributed by atoms with Crippen molar-refractivity contribution in [2.24, 2.45) is 5.14 Å². The third-order valence-electron chi connectivity index (χ3n) is 4.71. The zero-order valence-electron chi connectivity index (χ0n) is 17.1. The summed E-state index contributed by atoms with van der Waals surface area (Å²) in [5.41, 5.74) is 1.42. The van der Waals surface area contributed by atoms with Gasteiger partial charge in [0, 0.05) is 15.6 Å². The predicted octanol–water partition coefficient (Wildman–Crippen LogP) is 6.71. The number of primary sulfonamides is 1. The largest absolute Gasteiger partial charge is 0.483 e. The van der Waals surface area contributed by atoms with Crippen molar-refractivity contribution < 1.29 is 17.5 Å². The number of ether oxygens (including phenoxy) is 1. The maximum Gasteiger partial charge on any atom is 0.238 e. The van der Waals surface area contributed by atoms with E-state index >= 15 is 0 Å². The lowest BCUT2D eigenvalue weighted by Gasteiger charge is -2.12. The molecule has 0 spiro atoms. The van der Waals surface area contributed by atoms with E-state index in [-0.39, 0.29) is 4.90 Å². The molecule has 1 heterocycles.